The molecule has 1 atom stereocenters. The molecule has 1 amide bonds. The third-order valence-corrected chi connectivity index (χ3v) is 5.57. The molecule has 1 aliphatic heterocycles. The van der Waals surface area contributed by atoms with Gasteiger partial charge in [0.15, 0.2) is 0 Å². The van der Waals surface area contributed by atoms with Gasteiger partial charge in [-0.15, -0.1) is 11.3 Å². The van der Waals surface area contributed by atoms with E-state index in [9.17, 15) is 9.90 Å². The van der Waals surface area contributed by atoms with E-state index in [0.717, 1.165) is 46.4 Å². The third kappa shape index (κ3) is 2.97. The van der Waals surface area contributed by atoms with E-state index in [1.165, 1.54) is 0 Å². The number of methoxy groups -OCH3 is 1. The average molecular weight is 330 g/mol. The molecule has 0 bridgehead atoms. The SMILES string of the molecule is COc1c(CC[C@@H]2CCCN2C(=O)O)sc2cc(C#N)ccc12. The second kappa shape index (κ2) is 6.47. The Morgan fingerprint density at radius 3 is 3.09 bits per heavy atom. The fourth-order valence-electron chi connectivity index (χ4n) is 3.27. The number of benzene rings is 1. The molecular weight excluding hydrogens is 312 g/mol. The molecule has 1 aromatic carbocycles. The van der Waals surface area contributed by atoms with Crippen LogP contribution in [0.4, 0.5) is 4.79 Å². The van der Waals surface area contributed by atoms with Crippen molar-refractivity contribution in [1.82, 2.24) is 4.90 Å². The van der Waals surface area contributed by atoms with Gasteiger partial charge in [-0.25, -0.2) is 4.79 Å². The quantitative estimate of drug-likeness (QED) is 0.924. The zero-order valence-corrected chi connectivity index (χ0v) is 13.7. The molecule has 1 fully saturated rings. The Morgan fingerprint density at radius 2 is 2.39 bits per heavy atom. The van der Waals surface area contributed by atoms with Crippen molar-refractivity contribution in [3.63, 3.8) is 0 Å². The van der Waals surface area contributed by atoms with E-state index in [0.29, 0.717) is 12.1 Å². The van der Waals surface area contributed by atoms with Gasteiger partial charge in [0.1, 0.15) is 5.75 Å². The first-order valence-electron chi connectivity index (χ1n) is 7.63. The summed E-state index contributed by atoms with van der Waals surface area (Å²) in [6, 6.07) is 7.85. The summed E-state index contributed by atoms with van der Waals surface area (Å²) in [4.78, 5) is 13.9. The van der Waals surface area contributed by atoms with Crippen LogP contribution in [0, 0.1) is 11.3 Å². The lowest BCUT2D eigenvalue weighted by atomic mass is 10.1. The third-order valence-electron chi connectivity index (χ3n) is 4.37. The van der Waals surface area contributed by atoms with Crippen LogP contribution < -0.4 is 4.74 Å². The molecule has 2 heterocycles. The number of ether oxygens (including phenoxy) is 1. The highest BCUT2D eigenvalue weighted by Gasteiger charge is 2.28. The van der Waals surface area contributed by atoms with E-state index in [1.54, 1.807) is 29.4 Å². The lowest BCUT2D eigenvalue weighted by Crippen LogP contribution is -2.34. The number of thiophene rings is 1. The number of carboxylic acid groups (broad SMARTS) is 1. The van der Waals surface area contributed by atoms with Crippen LogP contribution in [0.15, 0.2) is 18.2 Å². The van der Waals surface area contributed by atoms with Crippen molar-refractivity contribution in [3.8, 4) is 11.8 Å². The molecule has 2 aromatic rings. The highest BCUT2D eigenvalue weighted by atomic mass is 32.1. The molecule has 0 saturated carbocycles. The lowest BCUT2D eigenvalue weighted by Gasteiger charge is -2.21. The molecule has 120 valence electrons. The van der Waals surface area contributed by atoms with Crippen LogP contribution in [0.5, 0.6) is 5.75 Å². The summed E-state index contributed by atoms with van der Waals surface area (Å²) in [5.74, 6) is 0.856. The van der Waals surface area contributed by atoms with Crippen molar-refractivity contribution in [1.29, 1.82) is 5.26 Å². The molecule has 1 aliphatic rings. The van der Waals surface area contributed by atoms with Gasteiger partial charge in [0.05, 0.1) is 18.7 Å². The summed E-state index contributed by atoms with van der Waals surface area (Å²) in [7, 11) is 1.66. The molecular formula is C17H18N2O3S. The van der Waals surface area contributed by atoms with E-state index < -0.39 is 6.09 Å². The highest BCUT2D eigenvalue weighted by Crippen LogP contribution is 2.39. The number of aryl methyl sites for hydroxylation is 1. The first-order valence-corrected chi connectivity index (χ1v) is 8.44. The first kappa shape index (κ1) is 15.6. The first-order chi connectivity index (χ1) is 11.1. The minimum absolute atomic E-state index is 0.0945. The van der Waals surface area contributed by atoms with Crippen molar-refractivity contribution in [2.45, 2.75) is 31.7 Å². The van der Waals surface area contributed by atoms with Crippen molar-refractivity contribution >= 4 is 27.5 Å². The molecule has 1 saturated heterocycles. The second-order valence-corrected chi connectivity index (χ2v) is 6.83. The molecule has 3 rings (SSSR count). The van der Waals surface area contributed by atoms with E-state index in [4.69, 9.17) is 10.00 Å². The van der Waals surface area contributed by atoms with Crippen LogP contribution in [0.1, 0.15) is 29.7 Å². The van der Waals surface area contributed by atoms with Crippen molar-refractivity contribution < 1.29 is 14.6 Å². The van der Waals surface area contributed by atoms with Gasteiger partial charge in [0, 0.05) is 27.5 Å². The summed E-state index contributed by atoms with van der Waals surface area (Å²) < 4.78 is 6.60. The van der Waals surface area contributed by atoms with Gasteiger partial charge >= 0.3 is 6.09 Å². The normalized spacial score (nSPS) is 17.4. The standard InChI is InChI=1S/C17H18N2O3S/c1-22-16-13-6-4-11(10-18)9-15(13)23-14(16)7-5-12-3-2-8-19(12)17(20)21/h4,6,9,12H,2-3,5,7-8H2,1H3,(H,20,21)/t12-/m0/s1. The molecule has 1 N–H and O–H groups in total. The van der Waals surface area contributed by atoms with E-state index in [2.05, 4.69) is 6.07 Å². The summed E-state index contributed by atoms with van der Waals surface area (Å²) >= 11 is 1.63. The topological polar surface area (TPSA) is 73.6 Å². The Labute approximate surface area is 138 Å². The van der Waals surface area contributed by atoms with Gasteiger partial charge in [-0.2, -0.15) is 5.26 Å². The minimum atomic E-state index is -0.825. The van der Waals surface area contributed by atoms with Crippen LogP contribution >= 0.6 is 11.3 Å². The predicted octanol–water partition coefficient (Wildman–Crippen LogP) is 3.86. The molecule has 0 radical (unpaired) electrons. The second-order valence-electron chi connectivity index (χ2n) is 5.69. The maximum Gasteiger partial charge on any atom is 0.407 e. The van der Waals surface area contributed by atoms with Gasteiger partial charge in [0.25, 0.3) is 0 Å². The average Bonchev–Trinajstić information content (AvgIpc) is 3.15. The summed E-state index contributed by atoms with van der Waals surface area (Å²) in [6.45, 7) is 0.634. The number of hydrogen-bond acceptors (Lipinski definition) is 4. The van der Waals surface area contributed by atoms with Gasteiger partial charge in [-0.1, -0.05) is 0 Å². The number of amides is 1. The van der Waals surface area contributed by atoms with E-state index in [1.807, 2.05) is 12.1 Å². The van der Waals surface area contributed by atoms with Crippen LogP contribution in [0.3, 0.4) is 0 Å². The van der Waals surface area contributed by atoms with Crippen LogP contribution in [-0.2, 0) is 6.42 Å². The molecule has 0 spiro atoms. The number of nitrogens with zero attached hydrogens (tertiary/aromatic N) is 2. The number of likely N-dealkylation sites (tertiary alicyclic amines) is 1. The monoisotopic (exact) mass is 330 g/mol. The van der Waals surface area contributed by atoms with E-state index in [-0.39, 0.29) is 6.04 Å². The fourth-order valence-corrected chi connectivity index (χ4v) is 4.49. The number of nitriles is 1. The molecule has 5 nitrogen and oxygen atoms in total. The largest absolute Gasteiger partial charge is 0.495 e. The Morgan fingerprint density at radius 1 is 1.57 bits per heavy atom. The Bertz CT molecular complexity index is 778. The number of fused-ring (bicyclic) bond motifs is 1. The van der Waals surface area contributed by atoms with Crippen LogP contribution in [0.2, 0.25) is 0 Å². The van der Waals surface area contributed by atoms with Crippen molar-refractivity contribution in [3.05, 3.63) is 28.6 Å². The van der Waals surface area contributed by atoms with Crippen LogP contribution in [0.25, 0.3) is 10.1 Å². The van der Waals surface area contributed by atoms with Crippen molar-refractivity contribution in [2.24, 2.45) is 0 Å². The molecule has 6 heteroatoms. The molecule has 0 aliphatic carbocycles. The maximum absolute atomic E-state index is 11.2. The number of hydrogen-bond donors (Lipinski definition) is 1. The highest BCUT2D eigenvalue weighted by molar-refractivity contribution is 7.19. The fraction of sp³-hybridized carbons (Fsp3) is 0.412. The van der Waals surface area contributed by atoms with Gasteiger partial charge in [-0.05, 0) is 43.9 Å². The van der Waals surface area contributed by atoms with Gasteiger partial charge < -0.3 is 14.7 Å². The summed E-state index contributed by atoms with van der Waals surface area (Å²) in [6.07, 6.45) is 2.64. The smallest absolute Gasteiger partial charge is 0.407 e. The summed E-state index contributed by atoms with van der Waals surface area (Å²) in [5.41, 5.74) is 0.640. The summed E-state index contributed by atoms with van der Waals surface area (Å²) in [5, 5.41) is 19.3. The maximum atomic E-state index is 11.2. The predicted molar refractivity (Wildman–Crippen MR) is 89.2 cm³/mol. The zero-order chi connectivity index (χ0) is 16.4. The number of rotatable bonds is 4. The Kier molecular flexibility index (Phi) is 4.39. The lowest BCUT2D eigenvalue weighted by molar-refractivity contribution is 0.138. The van der Waals surface area contributed by atoms with Crippen LogP contribution in [-0.4, -0.2) is 35.8 Å². The number of carbonyl (C=O) groups is 1. The Hall–Kier alpha value is -2.26. The Balaban J connectivity index is 1.82. The van der Waals surface area contributed by atoms with Gasteiger partial charge in [-0.3, -0.25) is 0 Å². The van der Waals surface area contributed by atoms with E-state index >= 15 is 0 Å². The molecule has 1 aromatic heterocycles. The minimum Gasteiger partial charge on any atom is -0.495 e. The zero-order valence-electron chi connectivity index (χ0n) is 12.9. The molecule has 23 heavy (non-hydrogen) atoms. The molecule has 0 unspecified atom stereocenters. The van der Waals surface area contributed by atoms with Crippen molar-refractivity contribution in [2.75, 3.05) is 13.7 Å². The van der Waals surface area contributed by atoms with Gasteiger partial charge in [0.2, 0.25) is 0 Å².